The van der Waals surface area contributed by atoms with Crippen molar-refractivity contribution in [2.45, 2.75) is 32.3 Å². The van der Waals surface area contributed by atoms with Crippen LogP contribution in [0.4, 0.5) is 0 Å². The minimum Gasteiger partial charge on any atom is -0.375 e. The molecule has 0 unspecified atom stereocenters. The Labute approximate surface area is 107 Å². The van der Waals surface area contributed by atoms with E-state index in [0.717, 1.165) is 24.6 Å². The van der Waals surface area contributed by atoms with Crippen LogP contribution < -0.4 is 11.3 Å². The van der Waals surface area contributed by atoms with E-state index in [-0.39, 0.29) is 5.91 Å². The number of nitrogens with one attached hydrogen (secondary N) is 1. The fourth-order valence-electron chi connectivity index (χ4n) is 1.94. The lowest BCUT2D eigenvalue weighted by Crippen LogP contribution is -2.30. The normalized spacial score (nSPS) is 15.2. The number of pyridine rings is 1. The van der Waals surface area contributed by atoms with Gasteiger partial charge in [-0.15, -0.1) is 0 Å². The topological polar surface area (TPSA) is 77.2 Å². The average molecular weight is 249 g/mol. The summed E-state index contributed by atoms with van der Waals surface area (Å²) in [6.07, 6.45) is 6.73. The Morgan fingerprint density at radius 1 is 1.50 bits per heavy atom. The average Bonchev–Trinajstić information content (AvgIpc) is 2.36. The van der Waals surface area contributed by atoms with Gasteiger partial charge in [0.2, 0.25) is 0 Å². The van der Waals surface area contributed by atoms with Crippen LogP contribution in [0.2, 0.25) is 0 Å². The molecule has 1 aromatic heterocycles. The smallest absolute Gasteiger partial charge is 0.266 e. The minimum absolute atomic E-state index is 0.333. The number of nitrogen functional groups attached to an aromatic ring is 1. The molecular weight excluding hydrogens is 230 g/mol. The molecule has 0 bridgehead atoms. The van der Waals surface area contributed by atoms with Gasteiger partial charge in [-0.05, 0) is 24.5 Å². The lowest BCUT2D eigenvalue weighted by Gasteiger charge is -2.24. The van der Waals surface area contributed by atoms with E-state index in [4.69, 9.17) is 10.6 Å². The molecule has 1 aliphatic rings. The van der Waals surface area contributed by atoms with Crippen LogP contribution in [0.1, 0.15) is 41.7 Å². The predicted molar refractivity (Wildman–Crippen MR) is 67.5 cm³/mol. The van der Waals surface area contributed by atoms with Gasteiger partial charge < -0.3 is 4.74 Å². The first-order valence-corrected chi connectivity index (χ1v) is 6.33. The third kappa shape index (κ3) is 3.51. The standard InChI is InChI=1S/C13H19N3O2/c14-16-13(17)11-4-5-12(15-8-11)9-18-7-6-10-2-1-3-10/h4-5,8,10H,1-3,6-7,9,14H2,(H,16,17). The number of carbonyl (C=O) groups is 1. The summed E-state index contributed by atoms with van der Waals surface area (Å²) in [4.78, 5) is 15.3. The highest BCUT2D eigenvalue weighted by atomic mass is 16.5. The summed E-state index contributed by atoms with van der Waals surface area (Å²) < 4.78 is 5.57. The molecule has 0 spiro atoms. The number of hydrogen-bond acceptors (Lipinski definition) is 4. The Morgan fingerprint density at radius 2 is 2.33 bits per heavy atom. The Hall–Kier alpha value is -1.46. The molecule has 0 saturated heterocycles. The summed E-state index contributed by atoms with van der Waals surface area (Å²) in [5, 5.41) is 0. The molecule has 98 valence electrons. The molecule has 1 aromatic rings. The summed E-state index contributed by atoms with van der Waals surface area (Å²) in [5.74, 6) is 5.57. The van der Waals surface area contributed by atoms with Crippen LogP contribution in [-0.2, 0) is 11.3 Å². The van der Waals surface area contributed by atoms with Gasteiger partial charge in [-0.1, -0.05) is 19.3 Å². The first-order valence-electron chi connectivity index (χ1n) is 6.33. The summed E-state index contributed by atoms with van der Waals surface area (Å²) >= 11 is 0. The second-order valence-corrected chi connectivity index (χ2v) is 4.65. The van der Waals surface area contributed by atoms with E-state index in [0.29, 0.717) is 12.2 Å². The van der Waals surface area contributed by atoms with Crippen molar-refractivity contribution in [1.29, 1.82) is 0 Å². The van der Waals surface area contributed by atoms with Gasteiger partial charge in [-0.25, -0.2) is 5.84 Å². The van der Waals surface area contributed by atoms with E-state index in [9.17, 15) is 4.79 Å². The van der Waals surface area contributed by atoms with Crippen molar-refractivity contribution in [2.24, 2.45) is 11.8 Å². The lowest BCUT2D eigenvalue weighted by molar-refractivity contribution is 0.0924. The zero-order valence-corrected chi connectivity index (χ0v) is 10.4. The predicted octanol–water partition coefficient (Wildman–Crippen LogP) is 1.39. The van der Waals surface area contributed by atoms with E-state index < -0.39 is 0 Å². The highest BCUT2D eigenvalue weighted by molar-refractivity contribution is 5.93. The van der Waals surface area contributed by atoms with Crippen molar-refractivity contribution < 1.29 is 9.53 Å². The van der Waals surface area contributed by atoms with E-state index in [1.807, 2.05) is 0 Å². The second kappa shape index (κ2) is 6.47. The van der Waals surface area contributed by atoms with E-state index in [1.165, 1.54) is 25.5 Å². The van der Waals surface area contributed by atoms with Crippen LogP contribution in [0, 0.1) is 5.92 Å². The number of hydrazine groups is 1. The Kier molecular flexibility index (Phi) is 4.66. The highest BCUT2D eigenvalue weighted by Crippen LogP contribution is 2.29. The molecule has 0 aliphatic heterocycles. The molecule has 1 aliphatic carbocycles. The van der Waals surface area contributed by atoms with Gasteiger partial charge in [0.05, 0.1) is 17.9 Å². The number of nitrogens with zero attached hydrogens (tertiary/aromatic N) is 1. The molecule has 0 radical (unpaired) electrons. The maximum absolute atomic E-state index is 11.2. The first-order chi connectivity index (χ1) is 8.79. The Bertz CT molecular complexity index is 388. The number of amides is 1. The van der Waals surface area contributed by atoms with Gasteiger partial charge >= 0.3 is 0 Å². The second-order valence-electron chi connectivity index (χ2n) is 4.65. The van der Waals surface area contributed by atoms with Crippen LogP contribution in [0.25, 0.3) is 0 Å². The molecule has 0 atom stereocenters. The number of carbonyl (C=O) groups excluding carboxylic acids is 1. The van der Waals surface area contributed by atoms with Crippen molar-refractivity contribution >= 4 is 5.91 Å². The van der Waals surface area contributed by atoms with E-state index in [1.54, 1.807) is 12.1 Å². The molecule has 1 amide bonds. The SMILES string of the molecule is NNC(=O)c1ccc(COCCC2CCC2)nc1. The van der Waals surface area contributed by atoms with Gasteiger partial charge in [0.25, 0.3) is 5.91 Å². The fourth-order valence-corrected chi connectivity index (χ4v) is 1.94. The molecule has 1 fully saturated rings. The summed E-state index contributed by atoms with van der Waals surface area (Å²) in [7, 11) is 0. The number of nitrogens with two attached hydrogens (primary N) is 1. The van der Waals surface area contributed by atoms with Crippen LogP contribution in [-0.4, -0.2) is 17.5 Å². The van der Waals surface area contributed by atoms with Gasteiger partial charge in [0.15, 0.2) is 0 Å². The summed E-state index contributed by atoms with van der Waals surface area (Å²) in [5.41, 5.74) is 3.35. The van der Waals surface area contributed by atoms with Crippen LogP contribution in [0.3, 0.4) is 0 Å². The molecule has 5 nitrogen and oxygen atoms in total. The Balaban J connectivity index is 1.70. The highest BCUT2D eigenvalue weighted by Gasteiger charge is 2.16. The zero-order chi connectivity index (χ0) is 12.8. The third-order valence-corrected chi connectivity index (χ3v) is 3.36. The van der Waals surface area contributed by atoms with Gasteiger partial charge in [0, 0.05) is 12.8 Å². The van der Waals surface area contributed by atoms with Gasteiger partial charge in [-0.3, -0.25) is 15.2 Å². The molecule has 1 heterocycles. The number of rotatable bonds is 6. The van der Waals surface area contributed by atoms with Crippen LogP contribution >= 0.6 is 0 Å². The van der Waals surface area contributed by atoms with Crippen molar-refractivity contribution in [1.82, 2.24) is 10.4 Å². The molecule has 2 rings (SSSR count). The Morgan fingerprint density at radius 3 is 2.89 bits per heavy atom. The summed E-state index contributed by atoms with van der Waals surface area (Å²) in [6, 6.07) is 3.48. The summed E-state index contributed by atoms with van der Waals surface area (Å²) in [6.45, 7) is 1.29. The quantitative estimate of drug-likeness (QED) is 0.346. The maximum Gasteiger partial charge on any atom is 0.266 e. The molecular formula is C13H19N3O2. The molecule has 0 aromatic carbocycles. The van der Waals surface area contributed by atoms with Gasteiger partial charge in [-0.2, -0.15) is 0 Å². The van der Waals surface area contributed by atoms with Crippen molar-refractivity contribution in [3.8, 4) is 0 Å². The third-order valence-electron chi connectivity index (χ3n) is 3.36. The maximum atomic E-state index is 11.2. The van der Waals surface area contributed by atoms with Crippen molar-refractivity contribution in [3.63, 3.8) is 0 Å². The largest absolute Gasteiger partial charge is 0.375 e. The molecule has 3 N–H and O–H groups in total. The van der Waals surface area contributed by atoms with Crippen LogP contribution in [0.5, 0.6) is 0 Å². The van der Waals surface area contributed by atoms with Crippen LogP contribution in [0.15, 0.2) is 18.3 Å². The number of hydrogen-bond donors (Lipinski definition) is 2. The number of ether oxygens (including phenoxy) is 1. The van der Waals surface area contributed by atoms with Crippen molar-refractivity contribution in [2.75, 3.05) is 6.61 Å². The molecule has 18 heavy (non-hydrogen) atoms. The molecule has 5 heteroatoms. The molecule has 1 saturated carbocycles. The zero-order valence-electron chi connectivity index (χ0n) is 10.4. The van der Waals surface area contributed by atoms with Gasteiger partial charge in [0.1, 0.15) is 0 Å². The van der Waals surface area contributed by atoms with E-state index in [2.05, 4.69) is 10.4 Å². The monoisotopic (exact) mass is 249 g/mol. The minimum atomic E-state index is -0.333. The lowest BCUT2D eigenvalue weighted by atomic mass is 9.83. The van der Waals surface area contributed by atoms with E-state index >= 15 is 0 Å². The van der Waals surface area contributed by atoms with Crippen molar-refractivity contribution in [3.05, 3.63) is 29.6 Å². The number of aromatic nitrogens is 1. The fraction of sp³-hybridized carbons (Fsp3) is 0.538. The first kappa shape index (κ1) is 13.0.